The predicted molar refractivity (Wildman–Crippen MR) is 283 cm³/mol. The molecule has 8 nitrogen and oxygen atoms in total. The molecule has 0 aromatic carbocycles. The molecule has 382 valence electrons. The Balaban J connectivity index is 4.33. The first-order chi connectivity index (χ1) is 32.0. The Hall–Kier alpha value is -2.32. The molecule has 0 aromatic rings. The van der Waals surface area contributed by atoms with E-state index in [2.05, 4.69) is 92.1 Å². The fraction of sp³-hybridized carbons (Fsp3) is 0.737. The summed E-state index contributed by atoms with van der Waals surface area (Å²) in [6.45, 7) is 4.51. The molecule has 0 heterocycles. The van der Waals surface area contributed by atoms with Crippen LogP contribution in [-0.4, -0.2) is 68.5 Å². The lowest BCUT2D eigenvalue weighted by Gasteiger charge is -2.29. The minimum Gasteiger partial charge on any atom is -0.756 e. The number of unbranched alkanes of at least 4 members (excludes halogenated alkanes) is 23. The number of hydrogen-bond acceptors (Lipinski definition) is 6. The van der Waals surface area contributed by atoms with Crippen LogP contribution in [-0.2, 0) is 18.4 Å². The lowest BCUT2D eigenvalue weighted by molar-refractivity contribution is -0.870. The van der Waals surface area contributed by atoms with Gasteiger partial charge in [-0.05, 0) is 77.0 Å². The van der Waals surface area contributed by atoms with Gasteiger partial charge >= 0.3 is 0 Å². The number of aliphatic hydroxyl groups is 1. The van der Waals surface area contributed by atoms with Crippen molar-refractivity contribution in [2.24, 2.45) is 0 Å². The molecule has 66 heavy (non-hydrogen) atoms. The second kappa shape index (κ2) is 47.7. The van der Waals surface area contributed by atoms with Crippen LogP contribution in [0.4, 0.5) is 0 Å². The van der Waals surface area contributed by atoms with Crippen LogP contribution in [0.3, 0.4) is 0 Å². The van der Waals surface area contributed by atoms with Crippen molar-refractivity contribution in [1.82, 2.24) is 5.32 Å². The fourth-order valence-electron chi connectivity index (χ4n) is 7.37. The second-order valence-electron chi connectivity index (χ2n) is 19.2. The van der Waals surface area contributed by atoms with Crippen LogP contribution in [0.15, 0.2) is 85.1 Å². The Morgan fingerprint density at radius 2 is 0.939 bits per heavy atom. The van der Waals surface area contributed by atoms with E-state index in [9.17, 15) is 19.4 Å². The number of hydrogen-bond donors (Lipinski definition) is 2. The minimum atomic E-state index is -4.61. The number of aliphatic hydroxyl groups excluding tert-OH is 1. The van der Waals surface area contributed by atoms with Gasteiger partial charge in [-0.15, -0.1) is 0 Å². The number of phosphoric acid groups is 1. The van der Waals surface area contributed by atoms with Gasteiger partial charge in [0.15, 0.2) is 0 Å². The number of allylic oxidation sites excluding steroid dienone is 13. The highest BCUT2D eigenvalue weighted by Crippen LogP contribution is 2.38. The summed E-state index contributed by atoms with van der Waals surface area (Å²) in [6, 6.07) is -0.912. The van der Waals surface area contributed by atoms with Crippen molar-refractivity contribution in [3.05, 3.63) is 85.1 Å². The number of amides is 1. The maximum absolute atomic E-state index is 12.9. The first kappa shape index (κ1) is 63.7. The van der Waals surface area contributed by atoms with Crippen LogP contribution in [0.5, 0.6) is 0 Å². The van der Waals surface area contributed by atoms with Crippen LogP contribution in [0.2, 0.25) is 0 Å². The van der Waals surface area contributed by atoms with E-state index in [1.165, 1.54) is 116 Å². The molecular weight excluding hydrogens is 840 g/mol. The highest BCUT2D eigenvalue weighted by atomic mass is 31.2. The summed E-state index contributed by atoms with van der Waals surface area (Å²) in [6.07, 6.45) is 66.4. The summed E-state index contributed by atoms with van der Waals surface area (Å²) in [5.74, 6) is -0.216. The summed E-state index contributed by atoms with van der Waals surface area (Å²) >= 11 is 0. The fourth-order valence-corrected chi connectivity index (χ4v) is 8.09. The maximum atomic E-state index is 12.9. The molecule has 0 bridgehead atoms. The number of nitrogens with one attached hydrogen (secondary N) is 1. The quantitative estimate of drug-likeness (QED) is 0.0272. The molecule has 0 spiro atoms. The van der Waals surface area contributed by atoms with Crippen molar-refractivity contribution in [3.8, 4) is 0 Å². The monoisotopic (exact) mass is 943 g/mol. The average Bonchev–Trinajstić information content (AvgIpc) is 3.28. The van der Waals surface area contributed by atoms with Gasteiger partial charge in [-0.25, -0.2) is 0 Å². The van der Waals surface area contributed by atoms with Crippen molar-refractivity contribution < 1.29 is 32.9 Å². The Morgan fingerprint density at radius 1 is 0.545 bits per heavy atom. The standard InChI is InChI=1S/C57H103N2O6P/c1-6-8-10-12-14-16-18-20-22-24-26-27-28-29-30-31-33-35-37-39-41-43-45-47-49-51-57(61)58-55(54-65-66(62,63)64-53-52-59(3,4)5)56(60)50-48-46-44-42-40-38-36-34-32-25-23-21-19-17-15-13-11-9-7-2/h8,10,14,16,20,22,26-27,29-30,40,42,48,50,55-56,60H,6-7,9,11-13,15,17-19,21,23-25,28,31-39,41,43-47,49,51-54H2,1-5H3,(H-,58,61,62,63)/b10-8-,16-14-,22-20-,27-26-,30-29-,42-40+,50-48+. The van der Waals surface area contributed by atoms with Crippen molar-refractivity contribution in [2.45, 2.75) is 231 Å². The van der Waals surface area contributed by atoms with Crippen LogP contribution < -0.4 is 10.2 Å². The van der Waals surface area contributed by atoms with Gasteiger partial charge in [0.25, 0.3) is 7.82 Å². The molecule has 1 amide bonds. The van der Waals surface area contributed by atoms with Gasteiger partial charge in [0.1, 0.15) is 13.2 Å². The minimum absolute atomic E-state index is 0.0115. The lowest BCUT2D eigenvalue weighted by atomic mass is 10.0. The third kappa shape index (κ3) is 49.6. The first-order valence-electron chi connectivity index (χ1n) is 26.9. The Kier molecular flexibility index (Phi) is 46.1. The van der Waals surface area contributed by atoms with E-state index < -0.39 is 26.6 Å². The highest BCUT2D eigenvalue weighted by Gasteiger charge is 2.23. The van der Waals surface area contributed by atoms with E-state index in [1.54, 1.807) is 6.08 Å². The van der Waals surface area contributed by atoms with Crippen molar-refractivity contribution in [1.29, 1.82) is 0 Å². The van der Waals surface area contributed by atoms with E-state index in [0.717, 1.165) is 83.5 Å². The van der Waals surface area contributed by atoms with Crippen LogP contribution in [0, 0.1) is 0 Å². The topological polar surface area (TPSA) is 108 Å². The zero-order valence-corrected chi connectivity index (χ0v) is 44.3. The number of quaternary nitrogens is 1. The average molecular weight is 943 g/mol. The zero-order valence-electron chi connectivity index (χ0n) is 43.4. The number of likely N-dealkylation sites (N-methyl/N-ethyl adjacent to an activating group) is 1. The number of nitrogens with zero attached hydrogens (tertiary/aromatic N) is 1. The van der Waals surface area contributed by atoms with Gasteiger partial charge in [-0.3, -0.25) is 9.36 Å². The molecule has 0 aromatic heterocycles. The van der Waals surface area contributed by atoms with Crippen molar-refractivity contribution >= 4 is 13.7 Å². The molecule has 0 saturated heterocycles. The normalized spacial score (nSPS) is 14.7. The molecule has 2 N–H and O–H groups in total. The summed E-state index contributed by atoms with van der Waals surface area (Å²) < 4.78 is 23.3. The van der Waals surface area contributed by atoms with Crippen LogP contribution in [0.1, 0.15) is 219 Å². The van der Waals surface area contributed by atoms with E-state index in [-0.39, 0.29) is 12.5 Å². The summed E-state index contributed by atoms with van der Waals surface area (Å²) in [5.41, 5.74) is 0. The molecule has 0 radical (unpaired) electrons. The third-order valence-electron chi connectivity index (χ3n) is 11.6. The molecular formula is C57H103N2O6P. The Morgan fingerprint density at radius 3 is 1.41 bits per heavy atom. The molecule has 0 aliphatic rings. The summed E-state index contributed by atoms with van der Waals surface area (Å²) in [5, 5.41) is 13.8. The SMILES string of the molecule is CC/C=C\C/C=C\C/C=C\C/C=C\C/C=C\CCCCCCCCCCCC(=O)NC(COP(=O)([O-])OCC[N+](C)(C)C)C(O)/C=C/CC/C=C/CCCCCCCCCCCCCCC. The van der Waals surface area contributed by atoms with E-state index in [4.69, 9.17) is 9.05 Å². The summed E-state index contributed by atoms with van der Waals surface area (Å²) in [4.78, 5) is 25.5. The molecule has 0 aliphatic carbocycles. The smallest absolute Gasteiger partial charge is 0.268 e. The van der Waals surface area contributed by atoms with E-state index in [0.29, 0.717) is 17.4 Å². The van der Waals surface area contributed by atoms with Gasteiger partial charge in [0.05, 0.1) is 39.9 Å². The van der Waals surface area contributed by atoms with E-state index in [1.807, 2.05) is 27.2 Å². The van der Waals surface area contributed by atoms with Gasteiger partial charge in [0, 0.05) is 6.42 Å². The number of phosphoric ester groups is 1. The summed E-state index contributed by atoms with van der Waals surface area (Å²) in [7, 11) is 1.23. The largest absolute Gasteiger partial charge is 0.756 e. The molecule has 0 aliphatic heterocycles. The molecule has 3 atom stereocenters. The third-order valence-corrected chi connectivity index (χ3v) is 12.6. The van der Waals surface area contributed by atoms with Crippen LogP contribution in [0.25, 0.3) is 0 Å². The Bertz CT molecular complexity index is 1350. The van der Waals surface area contributed by atoms with Gasteiger partial charge in [-0.1, -0.05) is 221 Å². The second-order valence-corrected chi connectivity index (χ2v) is 20.6. The van der Waals surface area contributed by atoms with E-state index >= 15 is 0 Å². The molecule has 0 saturated carbocycles. The van der Waals surface area contributed by atoms with Gasteiger partial charge in [0.2, 0.25) is 5.91 Å². The number of rotatable bonds is 48. The van der Waals surface area contributed by atoms with Crippen molar-refractivity contribution in [3.63, 3.8) is 0 Å². The first-order valence-corrected chi connectivity index (χ1v) is 28.4. The van der Waals surface area contributed by atoms with Gasteiger partial charge < -0.3 is 28.8 Å². The van der Waals surface area contributed by atoms with Crippen LogP contribution >= 0.6 is 7.82 Å². The zero-order chi connectivity index (χ0) is 48.5. The molecule has 9 heteroatoms. The highest BCUT2D eigenvalue weighted by molar-refractivity contribution is 7.45. The molecule has 3 unspecified atom stereocenters. The maximum Gasteiger partial charge on any atom is 0.268 e. The Labute approximate surface area is 407 Å². The predicted octanol–water partition coefficient (Wildman–Crippen LogP) is 15.5. The van der Waals surface area contributed by atoms with Crippen molar-refractivity contribution in [2.75, 3.05) is 40.9 Å². The number of carbonyl (C=O) groups is 1. The molecule has 0 fully saturated rings. The number of carbonyl (C=O) groups excluding carboxylic acids is 1. The molecule has 0 rings (SSSR count). The van der Waals surface area contributed by atoms with Gasteiger partial charge in [-0.2, -0.15) is 0 Å². The lowest BCUT2D eigenvalue weighted by Crippen LogP contribution is -2.45.